The molecule has 0 aliphatic rings. The van der Waals surface area contributed by atoms with Crippen molar-refractivity contribution < 1.29 is 19.1 Å². The third kappa shape index (κ3) is 3.58. The molecule has 0 unspecified atom stereocenters. The van der Waals surface area contributed by atoms with Crippen LogP contribution in [0.5, 0.6) is 0 Å². The lowest BCUT2D eigenvalue weighted by Crippen LogP contribution is -2.38. The zero-order chi connectivity index (χ0) is 13.0. The van der Waals surface area contributed by atoms with Gasteiger partial charge in [0.1, 0.15) is 12.3 Å². The first-order chi connectivity index (χ1) is 7.91. The van der Waals surface area contributed by atoms with E-state index in [1.807, 2.05) is 13.8 Å². The van der Waals surface area contributed by atoms with Crippen LogP contribution in [0.3, 0.4) is 0 Å². The number of carbonyl (C=O) groups is 2. The van der Waals surface area contributed by atoms with E-state index in [0.717, 1.165) is 0 Å². The Labute approximate surface area is 99.2 Å². The number of nitrogens with zero attached hydrogens (tertiary/aromatic N) is 2. The Morgan fingerprint density at radius 3 is 2.59 bits per heavy atom. The average Bonchev–Trinajstić information content (AvgIpc) is 2.61. The van der Waals surface area contributed by atoms with Crippen LogP contribution in [0.1, 0.15) is 30.1 Å². The van der Waals surface area contributed by atoms with Crippen molar-refractivity contribution in [3.05, 3.63) is 17.8 Å². The number of aliphatic carboxylic acids is 1. The molecule has 0 spiro atoms. The first-order valence-electron chi connectivity index (χ1n) is 5.33. The van der Waals surface area contributed by atoms with Gasteiger partial charge in [-0.05, 0) is 12.8 Å². The molecule has 1 N–H and O–H groups in total. The van der Waals surface area contributed by atoms with Gasteiger partial charge in [0.15, 0.2) is 12.1 Å². The summed E-state index contributed by atoms with van der Waals surface area (Å²) in [5.41, 5.74) is 0.173. The fourth-order valence-electron chi connectivity index (χ4n) is 1.48. The second kappa shape index (κ2) is 5.47. The number of rotatable bonds is 5. The summed E-state index contributed by atoms with van der Waals surface area (Å²) in [5, 5.41) is 8.77. The fourth-order valence-corrected chi connectivity index (χ4v) is 1.48. The van der Waals surface area contributed by atoms with E-state index in [1.165, 1.54) is 11.3 Å². The second-order valence-corrected chi connectivity index (χ2v) is 4.23. The molecular weight excluding hydrogens is 224 g/mol. The first-order valence-corrected chi connectivity index (χ1v) is 5.33. The number of aryl methyl sites for hydroxylation is 1. The van der Waals surface area contributed by atoms with Crippen LogP contribution in [-0.2, 0) is 4.79 Å². The Kier molecular flexibility index (Phi) is 4.25. The Bertz CT molecular complexity index is 411. The highest BCUT2D eigenvalue weighted by molar-refractivity contribution is 5.94. The van der Waals surface area contributed by atoms with Gasteiger partial charge in [-0.3, -0.25) is 9.59 Å². The maximum Gasteiger partial charge on any atom is 0.323 e. The van der Waals surface area contributed by atoms with Crippen molar-refractivity contribution in [3.8, 4) is 0 Å². The van der Waals surface area contributed by atoms with E-state index >= 15 is 0 Å². The van der Waals surface area contributed by atoms with Crippen molar-refractivity contribution in [3.63, 3.8) is 0 Å². The maximum absolute atomic E-state index is 12.0. The molecule has 6 heteroatoms. The van der Waals surface area contributed by atoms with Crippen LogP contribution in [0.25, 0.3) is 0 Å². The third-order valence-electron chi connectivity index (χ3n) is 2.15. The smallest absolute Gasteiger partial charge is 0.323 e. The molecule has 1 aromatic rings. The Balaban J connectivity index is 2.86. The molecule has 1 rings (SSSR count). The van der Waals surface area contributed by atoms with Crippen LogP contribution in [0.2, 0.25) is 0 Å². The number of aromatic nitrogens is 1. The highest BCUT2D eigenvalue weighted by Gasteiger charge is 2.23. The summed E-state index contributed by atoms with van der Waals surface area (Å²) < 4.78 is 4.94. The summed E-state index contributed by atoms with van der Waals surface area (Å²) in [6, 6.07) is 0. The molecule has 0 radical (unpaired) electrons. The number of amides is 1. The highest BCUT2D eigenvalue weighted by Crippen LogP contribution is 2.10. The van der Waals surface area contributed by atoms with E-state index in [-0.39, 0.29) is 18.2 Å². The van der Waals surface area contributed by atoms with E-state index in [4.69, 9.17) is 9.52 Å². The van der Waals surface area contributed by atoms with Crippen molar-refractivity contribution in [2.24, 2.45) is 5.92 Å². The van der Waals surface area contributed by atoms with Gasteiger partial charge in [0.05, 0.1) is 0 Å². The number of carbonyl (C=O) groups excluding carboxylic acids is 1. The minimum atomic E-state index is -1.04. The number of oxazole rings is 1. The van der Waals surface area contributed by atoms with Gasteiger partial charge < -0.3 is 14.4 Å². The molecule has 0 saturated carbocycles. The predicted molar refractivity (Wildman–Crippen MR) is 59.6 cm³/mol. The third-order valence-corrected chi connectivity index (χ3v) is 2.15. The normalized spacial score (nSPS) is 10.6. The molecule has 0 aliphatic heterocycles. The van der Waals surface area contributed by atoms with Crippen LogP contribution >= 0.6 is 0 Å². The summed E-state index contributed by atoms with van der Waals surface area (Å²) in [6.07, 6.45) is 1.18. The van der Waals surface area contributed by atoms with Crippen LogP contribution in [0.4, 0.5) is 0 Å². The molecule has 1 heterocycles. The van der Waals surface area contributed by atoms with Gasteiger partial charge in [0.25, 0.3) is 5.91 Å². The largest absolute Gasteiger partial charge is 0.480 e. The monoisotopic (exact) mass is 240 g/mol. The molecule has 0 aromatic carbocycles. The van der Waals surface area contributed by atoms with Gasteiger partial charge in [0.2, 0.25) is 0 Å². The van der Waals surface area contributed by atoms with Gasteiger partial charge >= 0.3 is 5.97 Å². The first kappa shape index (κ1) is 13.2. The molecule has 94 valence electrons. The molecular formula is C11H16N2O4. The maximum atomic E-state index is 12.0. The highest BCUT2D eigenvalue weighted by atomic mass is 16.4. The number of hydrogen-bond donors (Lipinski definition) is 1. The van der Waals surface area contributed by atoms with Crippen molar-refractivity contribution in [1.29, 1.82) is 0 Å². The van der Waals surface area contributed by atoms with Crippen molar-refractivity contribution in [2.45, 2.75) is 20.8 Å². The molecule has 0 aliphatic carbocycles. The number of carboxylic acid groups (broad SMARTS) is 1. The molecule has 0 saturated heterocycles. The van der Waals surface area contributed by atoms with Gasteiger partial charge in [0, 0.05) is 6.54 Å². The van der Waals surface area contributed by atoms with Gasteiger partial charge in [-0.25, -0.2) is 4.98 Å². The summed E-state index contributed by atoms with van der Waals surface area (Å²) in [4.78, 5) is 27.8. The Hall–Kier alpha value is -1.85. The lowest BCUT2D eigenvalue weighted by Gasteiger charge is -2.21. The lowest BCUT2D eigenvalue weighted by atomic mass is 10.2. The van der Waals surface area contributed by atoms with Crippen molar-refractivity contribution >= 4 is 11.9 Å². The second-order valence-electron chi connectivity index (χ2n) is 4.23. The molecule has 0 atom stereocenters. The fraction of sp³-hybridized carbons (Fsp3) is 0.545. The Morgan fingerprint density at radius 2 is 2.18 bits per heavy atom. The van der Waals surface area contributed by atoms with Crippen LogP contribution in [-0.4, -0.2) is 40.0 Å². The summed E-state index contributed by atoms with van der Waals surface area (Å²) in [7, 11) is 0. The quantitative estimate of drug-likeness (QED) is 0.835. The SMILES string of the molecule is Cc1ocnc1C(=O)N(CC(=O)O)CC(C)C. The summed E-state index contributed by atoms with van der Waals surface area (Å²) >= 11 is 0. The molecule has 1 aromatic heterocycles. The zero-order valence-electron chi connectivity index (χ0n) is 10.1. The number of hydrogen-bond acceptors (Lipinski definition) is 4. The van der Waals surface area contributed by atoms with Gasteiger partial charge in [-0.2, -0.15) is 0 Å². The minimum Gasteiger partial charge on any atom is -0.480 e. The molecule has 6 nitrogen and oxygen atoms in total. The van der Waals surface area contributed by atoms with Crippen LogP contribution < -0.4 is 0 Å². The molecule has 0 fully saturated rings. The minimum absolute atomic E-state index is 0.173. The van der Waals surface area contributed by atoms with Crippen molar-refractivity contribution in [2.75, 3.05) is 13.1 Å². The lowest BCUT2D eigenvalue weighted by molar-refractivity contribution is -0.137. The predicted octanol–water partition coefficient (Wildman–Crippen LogP) is 1.17. The number of carboxylic acids is 1. The van der Waals surface area contributed by atoms with E-state index in [2.05, 4.69) is 4.98 Å². The van der Waals surface area contributed by atoms with E-state index in [0.29, 0.717) is 12.3 Å². The van der Waals surface area contributed by atoms with E-state index in [1.54, 1.807) is 6.92 Å². The van der Waals surface area contributed by atoms with E-state index < -0.39 is 11.9 Å². The average molecular weight is 240 g/mol. The summed E-state index contributed by atoms with van der Waals surface area (Å²) in [6.45, 7) is 5.49. The zero-order valence-corrected chi connectivity index (χ0v) is 10.1. The molecule has 1 amide bonds. The standard InChI is InChI=1S/C11H16N2O4/c1-7(2)4-13(5-9(14)15)11(16)10-8(3)17-6-12-10/h6-7H,4-5H2,1-3H3,(H,14,15). The topological polar surface area (TPSA) is 83.6 Å². The molecule has 17 heavy (non-hydrogen) atoms. The Morgan fingerprint density at radius 1 is 1.53 bits per heavy atom. The van der Waals surface area contributed by atoms with Crippen LogP contribution in [0.15, 0.2) is 10.8 Å². The van der Waals surface area contributed by atoms with Gasteiger partial charge in [-0.15, -0.1) is 0 Å². The summed E-state index contributed by atoms with van der Waals surface area (Å²) in [5.74, 6) is -0.868. The van der Waals surface area contributed by atoms with Gasteiger partial charge in [-0.1, -0.05) is 13.8 Å². The van der Waals surface area contributed by atoms with Crippen LogP contribution in [0, 0.1) is 12.8 Å². The van der Waals surface area contributed by atoms with E-state index in [9.17, 15) is 9.59 Å². The molecule has 0 bridgehead atoms. The van der Waals surface area contributed by atoms with Crippen molar-refractivity contribution in [1.82, 2.24) is 9.88 Å².